The summed E-state index contributed by atoms with van der Waals surface area (Å²) < 4.78 is 67.5. The van der Waals surface area contributed by atoms with E-state index in [1.807, 2.05) is 9.30 Å². The van der Waals surface area contributed by atoms with E-state index in [1.54, 1.807) is 24.9 Å². The van der Waals surface area contributed by atoms with Crippen LogP contribution >= 0.6 is 11.9 Å². The number of piperazine rings is 1. The Bertz CT molecular complexity index is 1390. The molecule has 236 valence electrons. The molecule has 9 nitrogen and oxygen atoms in total. The molecular weight excluding hydrogens is 653 g/mol. The summed E-state index contributed by atoms with van der Waals surface area (Å²) in [4.78, 5) is 21.8. The second kappa shape index (κ2) is 13.0. The van der Waals surface area contributed by atoms with Crippen LogP contribution < -0.4 is 9.62 Å². The van der Waals surface area contributed by atoms with Gasteiger partial charge in [0.05, 0.1) is 0 Å². The Balaban J connectivity index is 1.54. The average Bonchev–Trinajstić information content (AvgIpc) is 3.68. The zero-order valence-electron chi connectivity index (χ0n) is 24.5. The zero-order valence-corrected chi connectivity index (χ0v) is 27.1. The number of nitrogens with zero attached hydrogens (tertiary/aromatic N) is 6. The van der Waals surface area contributed by atoms with E-state index in [0.29, 0.717) is 50.4 Å². The van der Waals surface area contributed by atoms with Crippen molar-refractivity contribution in [3.63, 3.8) is 0 Å². The number of nitrogens with one attached hydrogen (secondary N) is 1. The number of carbonyl (C=O) groups is 1. The van der Waals surface area contributed by atoms with Crippen molar-refractivity contribution in [2.45, 2.75) is 79.6 Å². The predicted molar refractivity (Wildman–Crippen MR) is 161 cm³/mol. The van der Waals surface area contributed by atoms with Gasteiger partial charge in [0.25, 0.3) is 0 Å². The molecule has 1 amide bonds. The number of fused-ring (bicyclic) bond motifs is 1. The molecule has 1 aliphatic heterocycles. The minimum atomic E-state index is -2.75. The Hall–Kier alpha value is -2.19. The third-order valence-electron chi connectivity index (χ3n) is 8.52. The summed E-state index contributed by atoms with van der Waals surface area (Å²) in [7, 11) is 1.49. The first-order valence-corrected chi connectivity index (χ1v) is 17.2. The molecule has 1 saturated heterocycles. The van der Waals surface area contributed by atoms with Crippen molar-refractivity contribution < 1.29 is 27.1 Å². The molecular formula is C28H37F4N7O2SSe. The number of methoxy groups -OCH3 is 1. The first kappa shape index (κ1) is 32.2. The molecule has 3 aliphatic rings. The topological polar surface area (TPSA) is 86.8 Å². The average molecular weight is 691 g/mol. The molecule has 0 radical (unpaired) electrons. The van der Waals surface area contributed by atoms with Crippen LogP contribution in [0.3, 0.4) is 0 Å². The van der Waals surface area contributed by atoms with Gasteiger partial charge in [0.1, 0.15) is 0 Å². The van der Waals surface area contributed by atoms with Crippen LogP contribution in [0.15, 0.2) is 21.3 Å². The number of anilines is 1. The number of ether oxygens (including phenoxy) is 1. The van der Waals surface area contributed by atoms with Crippen LogP contribution in [0.1, 0.15) is 63.3 Å². The standard InChI is InChI=1S/C28H37F4N7O2SSe/c1-27(2,41-4)26(40)38-12-10-37(11-13-38)22-20(30)19(42-36-28(16-29)8-9-28)14-39-18(15-43-25(23(31)32)35-33-3)21(34-24(22)39)17-6-5-7-17/h14,17,23,36H,3,5-13,15-16H2,1-2,4H3/b35-25-. The van der Waals surface area contributed by atoms with E-state index in [9.17, 15) is 18.0 Å². The molecule has 0 spiro atoms. The van der Waals surface area contributed by atoms with E-state index in [4.69, 9.17) is 9.72 Å². The number of pyridine rings is 1. The number of alkyl halides is 3. The Morgan fingerprint density at radius 3 is 2.53 bits per heavy atom. The van der Waals surface area contributed by atoms with Gasteiger partial charge in [-0.05, 0) is 0 Å². The molecule has 0 aromatic carbocycles. The Morgan fingerprint density at radius 1 is 1.30 bits per heavy atom. The van der Waals surface area contributed by atoms with E-state index in [1.165, 1.54) is 7.11 Å². The number of imidazole rings is 1. The van der Waals surface area contributed by atoms with Crippen LogP contribution in [-0.2, 0) is 14.9 Å². The van der Waals surface area contributed by atoms with Crippen molar-refractivity contribution in [1.29, 1.82) is 0 Å². The van der Waals surface area contributed by atoms with Gasteiger partial charge in [-0.1, -0.05) is 0 Å². The molecule has 2 aliphatic carbocycles. The van der Waals surface area contributed by atoms with Gasteiger partial charge in [0.15, 0.2) is 0 Å². The fourth-order valence-electron chi connectivity index (χ4n) is 5.21. The molecule has 0 atom stereocenters. The fraction of sp³-hybridized carbons (Fsp3) is 0.643. The van der Waals surface area contributed by atoms with Crippen molar-refractivity contribution in [3.05, 3.63) is 23.4 Å². The van der Waals surface area contributed by atoms with Crippen LogP contribution in [0.25, 0.3) is 5.65 Å². The number of hydrogen-bond acceptors (Lipinski definition) is 8. The van der Waals surface area contributed by atoms with Crippen molar-refractivity contribution in [2.75, 3.05) is 44.9 Å². The van der Waals surface area contributed by atoms with Crippen LogP contribution in [-0.4, -0.2) is 104 Å². The number of rotatable bonds is 13. The Morgan fingerprint density at radius 2 is 2.00 bits per heavy atom. The van der Waals surface area contributed by atoms with Gasteiger partial charge < -0.3 is 0 Å². The van der Waals surface area contributed by atoms with E-state index >= 15 is 4.39 Å². The van der Waals surface area contributed by atoms with Crippen LogP contribution in [0.4, 0.5) is 23.2 Å². The van der Waals surface area contributed by atoms with E-state index < -0.39 is 45.0 Å². The van der Waals surface area contributed by atoms with Crippen molar-refractivity contribution in [3.8, 4) is 0 Å². The number of carbonyl (C=O) groups excluding carboxylic acids is 1. The molecule has 2 saturated carbocycles. The number of halogens is 4. The summed E-state index contributed by atoms with van der Waals surface area (Å²) >= 11 is 0.306. The quantitative estimate of drug-likeness (QED) is 0.110. The zero-order chi connectivity index (χ0) is 30.9. The van der Waals surface area contributed by atoms with Crippen LogP contribution in [0, 0.1) is 5.82 Å². The molecule has 1 N–H and O–H groups in total. The summed E-state index contributed by atoms with van der Waals surface area (Å²) in [5.41, 5.74) is 0.617. The molecule has 43 heavy (non-hydrogen) atoms. The normalized spacial score (nSPS) is 19.3. The maximum absolute atomic E-state index is 16.5. The molecule has 3 fully saturated rings. The molecule has 2 aromatic heterocycles. The minimum absolute atomic E-state index is 0.141. The van der Waals surface area contributed by atoms with Crippen LogP contribution in [0.5, 0.6) is 0 Å². The molecule has 0 bridgehead atoms. The number of hydrogen-bond donors (Lipinski definition) is 1. The maximum atomic E-state index is 16.5. The van der Waals surface area contributed by atoms with Gasteiger partial charge >= 0.3 is 253 Å². The third-order valence-corrected chi connectivity index (χ3v) is 11.6. The predicted octanol–water partition coefficient (Wildman–Crippen LogP) is 4.40. The summed E-state index contributed by atoms with van der Waals surface area (Å²) in [6, 6.07) is 0. The summed E-state index contributed by atoms with van der Waals surface area (Å²) in [6.45, 7) is 7.57. The molecule has 0 unspecified atom stereocenters. The van der Waals surface area contributed by atoms with Gasteiger partial charge in [-0.3, -0.25) is 0 Å². The molecule has 15 heteroatoms. The second-order valence-corrected chi connectivity index (χ2v) is 14.6. The van der Waals surface area contributed by atoms with Crippen LogP contribution in [0.2, 0.25) is 0 Å². The van der Waals surface area contributed by atoms with Gasteiger partial charge in [-0.15, -0.1) is 0 Å². The molecule has 5 rings (SSSR count). The Labute approximate surface area is 259 Å². The first-order chi connectivity index (χ1) is 20.5. The van der Waals surface area contributed by atoms with Crippen molar-refractivity contribution in [1.82, 2.24) is 19.0 Å². The summed E-state index contributed by atoms with van der Waals surface area (Å²) in [5, 5.41) is 7.16. The second-order valence-electron chi connectivity index (χ2n) is 11.7. The molecule has 2 aromatic rings. The summed E-state index contributed by atoms with van der Waals surface area (Å²) in [6.07, 6.45) is 3.11. The van der Waals surface area contributed by atoms with E-state index in [-0.39, 0.29) is 26.6 Å². The first-order valence-electron chi connectivity index (χ1n) is 14.3. The van der Waals surface area contributed by atoms with E-state index in [2.05, 4.69) is 21.6 Å². The monoisotopic (exact) mass is 691 g/mol. The van der Waals surface area contributed by atoms with E-state index in [0.717, 1.165) is 42.6 Å². The summed E-state index contributed by atoms with van der Waals surface area (Å²) in [5.74, 6) is -0.463. The fourth-order valence-corrected chi connectivity index (χ4v) is 7.84. The van der Waals surface area contributed by atoms with Gasteiger partial charge in [-0.2, -0.15) is 0 Å². The SMILES string of the molecule is C=N/N=C(\[Se]Cc1c(C2CCC2)nc2c(N3CCN(C(=O)C(C)(C)OC)CC3)c(F)c(SNC3(CF)CC3)cn12)C(F)F. The number of aromatic nitrogens is 2. The van der Waals surface area contributed by atoms with Crippen molar-refractivity contribution >= 4 is 55.5 Å². The Kier molecular flexibility index (Phi) is 9.77. The van der Waals surface area contributed by atoms with Gasteiger partial charge in [-0.25, -0.2) is 0 Å². The van der Waals surface area contributed by atoms with Crippen molar-refractivity contribution in [2.24, 2.45) is 10.2 Å². The number of amides is 1. The molecule has 3 heterocycles. The van der Waals surface area contributed by atoms with Gasteiger partial charge in [0.2, 0.25) is 0 Å². The van der Waals surface area contributed by atoms with Gasteiger partial charge in [0, 0.05) is 7.11 Å². The third kappa shape index (κ3) is 6.61.